The first-order valence-corrected chi connectivity index (χ1v) is 9.84. The normalized spacial score (nSPS) is 12.8. The molecule has 7 nitrogen and oxygen atoms in total. The van der Waals surface area contributed by atoms with Gasteiger partial charge in [-0.25, -0.2) is 0 Å². The number of hydrogen-bond acceptors (Lipinski definition) is 6. The van der Waals surface area contributed by atoms with E-state index in [2.05, 4.69) is 9.73 Å². The maximum atomic E-state index is 12.9. The number of fused-ring (bicyclic) bond motifs is 1. The predicted octanol–water partition coefficient (Wildman–Crippen LogP) is 3.62. The van der Waals surface area contributed by atoms with Crippen LogP contribution in [0.1, 0.15) is 15.9 Å². The lowest BCUT2D eigenvalue weighted by atomic mass is 9.93. The lowest BCUT2D eigenvalue weighted by molar-refractivity contribution is -0.275. The molecule has 0 fully saturated rings. The molecule has 0 spiro atoms. The number of likely N-dealkylation sites (N-methyl/N-ethyl adjacent to an activating group) is 2. The number of aliphatic imine (C=N–C) groups is 1. The Morgan fingerprint density at radius 3 is 2.47 bits per heavy atom. The van der Waals surface area contributed by atoms with Gasteiger partial charge in [0.05, 0.1) is 24.0 Å². The number of amides is 1. The summed E-state index contributed by atoms with van der Waals surface area (Å²) >= 11 is 0. The zero-order chi connectivity index (χ0) is 23.6. The third-order valence-electron chi connectivity index (χ3n) is 5.14. The van der Waals surface area contributed by atoms with E-state index in [1.165, 1.54) is 19.2 Å². The van der Waals surface area contributed by atoms with Crippen molar-refractivity contribution in [2.45, 2.75) is 12.8 Å². The van der Waals surface area contributed by atoms with Gasteiger partial charge in [0.1, 0.15) is 0 Å². The van der Waals surface area contributed by atoms with Crippen LogP contribution in [0.5, 0.6) is 11.5 Å². The van der Waals surface area contributed by atoms with Gasteiger partial charge < -0.3 is 25.0 Å². The zero-order valence-electron chi connectivity index (χ0n) is 18.3. The van der Waals surface area contributed by atoms with Gasteiger partial charge in [0, 0.05) is 38.3 Å². The molecule has 32 heavy (non-hydrogen) atoms. The number of anilines is 1. The molecule has 2 aromatic carbocycles. The fraction of sp³-hybridized carbons (Fsp3) is 0.364. The molecule has 172 valence electrons. The summed E-state index contributed by atoms with van der Waals surface area (Å²) in [6, 6.07) is 6.01. The highest BCUT2D eigenvalue weighted by molar-refractivity contribution is 6.06. The summed E-state index contributed by atoms with van der Waals surface area (Å²) in [4.78, 5) is 20.6. The number of ether oxygens (including phenoxy) is 2. The summed E-state index contributed by atoms with van der Waals surface area (Å²) in [7, 11) is 6.97. The van der Waals surface area contributed by atoms with Crippen LogP contribution in [-0.2, 0) is 6.42 Å². The topological polar surface area (TPSA) is 80.4 Å². The highest BCUT2D eigenvalue weighted by atomic mass is 19.4. The molecule has 0 radical (unpaired) electrons. The van der Waals surface area contributed by atoms with E-state index in [0.717, 1.165) is 6.54 Å². The Morgan fingerprint density at radius 2 is 1.88 bits per heavy atom. The molecule has 0 aromatic heterocycles. The van der Waals surface area contributed by atoms with Crippen molar-refractivity contribution in [3.63, 3.8) is 0 Å². The molecule has 0 unspecified atom stereocenters. The summed E-state index contributed by atoms with van der Waals surface area (Å²) in [5.74, 6) is -1.10. The number of carbonyl (C=O) groups excluding carboxylic acids is 1. The van der Waals surface area contributed by atoms with Gasteiger partial charge in [-0.2, -0.15) is 0 Å². The van der Waals surface area contributed by atoms with Crippen molar-refractivity contribution in [3.05, 3.63) is 35.4 Å². The maximum absolute atomic E-state index is 12.9. The molecule has 0 atom stereocenters. The fourth-order valence-electron chi connectivity index (χ4n) is 3.60. The third-order valence-corrected chi connectivity index (χ3v) is 5.14. The van der Waals surface area contributed by atoms with Gasteiger partial charge in [-0.3, -0.25) is 9.79 Å². The van der Waals surface area contributed by atoms with Gasteiger partial charge in [0.15, 0.2) is 11.5 Å². The zero-order valence-corrected chi connectivity index (χ0v) is 18.3. The number of primary amides is 1. The van der Waals surface area contributed by atoms with Crippen LogP contribution in [0, 0.1) is 0 Å². The van der Waals surface area contributed by atoms with E-state index in [9.17, 15) is 18.0 Å². The van der Waals surface area contributed by atoms with E-state index in [4.69, 9.17) is 10.5 Å². The second-order valence-corrected chi connectivity index (χ2v) is 7.66. The van der Waals surface area contributed by atoms with Gasteiger partial charge in [-0.15, -0.1) is 13.2 Å². The molecule has 0 aliphatic carbocycles. The first-order chi connectivity index (χ1) is 15.0. The predicted molar refractivity (Wildman–Crippen MR) is 117 cm³/mol. The first-order valence-electron chi connectivity index (χ1n) is 9.84. The first kappa shape index (κ1) is 23.4. The fourth-order valence-corrected chi connectivity index (χ4v) is 3.60. The minimum atomic E-state index is -4.88. The van der Waals surface area contributed by atoms with Gasteiger partial charge in [-0.1, -0.05) is 6.07 Å². The number of hydrogen-bond donors (Lipinski definition) is 1. The molecule has 1 aliphatic rings. The van der Waals surface area contributed by atoms with E-state index in [0.29, 0.717) is 46.6 Å². The van der Waals surface area contributed by atoms with Crippen LogP contribution in [0.15, 0.2) is 29.3 Å². The van der Waals surface area contributed by atoms with Gasteiger partial charge in [0.25, 0.3) is 5.91 Å². The summed E-state index contributed by atoms with van der Waals surface area (Å²) in [6.07, 6.45) is -2.82. The highest BCUT2D eigenvalue weighted by Gasteiger charge is 2.33. The molecule has 1 heterocycles. The Bertz CT molecular complexity index is 1050. The molecule has 0 bridgehead atoms. The molecular weight excluding hydrogens is 425 g/mol. The lowest BCUT2D eigenvalue weighted by Gasteiger charge is -2.26. The Balaban J connectivity index is 2.18. The molecule has 3 rings (SSSR count). The van der Waals surface area contributed by atoms with Gasteiger partial charge in [0.2, 0.25) is 0 Å². The maximum Gasteiger partial charge on any atom is 0.573 e. The summed E-state index contributed by atoms with van der Waals surface area (Å²) in [6.45, 7) is 1.33. The number of halogens is 3. The number of nitrogens with zero attached hydrogens (tertiary/aromatic N) is 3. The van der Waals surface area contributed by atoms with Crippen molar-refractivity contribution in [1.82, 2.24) is 4.90 Å². The van der Waals surface area contributed by atoms with E-state index in [1.54, 1.807) is 18.3 Å². The average molecular weight is 450 g/mol. The van der Waals surface area contributed by atoms with Gasteiger partial charge in [-0.05, 0) is 43.4 Å². The van der Waals surface area contributed by atoms with Crippen molar-refractivity contribution in [2.75, 3.05) is 46.2 Å². The van der Waals surface area contributed by atoms with E-state index >= 15 is 0 Å². The summed E-state index contributed by atoms with van der Waals surface area (Å²) in [5, 5.41) is 0. The number of nitrogens with two attached hydrogens (primary N) is 1. The van der Waals surface area contributed by atoms with Crippen LogP contribution in [-0.4, -0.2) is 64.7 Å². The SMILES string of the molecule is COc1ccc(-c2cc(N(C)CCN(C)C)c(C(N)=O)c3c2N=CC3)cc1OC(F)(F)F. The summed E-state index contributed by atoms with van der Waals surface area (Å²) < 4.78 is 47.9. The smallest absolute Gasteiger partial charge is 0.493 e. The minimum Gasteiger partial charge on any atom is -0.493 e. The van der Waals surface area contributed by atoms with Crippen molar-refractivity contribution in [3.8, 4) is 22.6 Å². The van der Waals surface area contributed by atoms with Crippen molar-refractivity contribution < 1.29 is 27.4 Å². The Labute approximate surface area is 184 Å². The van der Waals surface area contributed by atoms with Gasteiger partial charge >= 0.3 is 6.36 Å². The van der Waals surface area contributed by atoms with Crippen LogP contribution < -0.4 is 20.1 Å². The molecular formula is C22H25F3N4O3. The largest absolute Gasteiger partial charge is 0.573 e. The Kier molecular flexibility index (Phi) is 6.63. The third kappa shape index (κ3) is 4.96. The Morgan fingerprint density at radius 1 is 1.16 bits per heavy atom. The second-order valence-electron chi connectivity index (χ2n) is 7.66. The lowest BCUT2D eigenvalue weighted by Crippen LogP contribution is -2.30. The van der Waals surface area contributed by atoms with Crippen LogP contribution in [0.25, 0.3) is 11.1 Å². The monoisotopic (exact) mass is 450 g/mol. The van der Waals surface area contributed by atoms with Crippen molar-refractivity contribution >= 4 is 23.5 Å². The second kappa shape index (κ2) is 9.07. The number of methoxy groups -OCH3 is 1. The van der Waals surface area contributed by atoms with Crippen LogP contribution in [0.4, 0.5) is 24.5 Å². The van der Waals surface area contributed by atoms with E-state index in [1.807, 2.05) is 30.9 Å². The van der Waals surface area contributed by atoms with Crippen molar-refractivity contribution in [2.24, 2.45) is 10.7 Å². The number of benzene rings is 2. The summed E-state index contributed by atoms with van der Waals surface area (Å²) in [5.41, 5.74) is 8.83. The van der Waals surface area contributed by atoms with Crippen LogP contribution >= 0.6 is 0 Å². The minimum absolute atomic E-state index is 0.0525. The molecule has 1 amide bonds. The van der Waals surface area contributed by atoms with E-state index in [-0.39, 0.29) is 5.75 Å². The quantitative estimate of drug-likeness (QED) is 0.665. The van der Waals surface area contributed by atoms with Crippen LogP contribution in [0.2, 0.25) is 0 Å². The van der Waals surface area contributed by atoms with Crippen molar-refractivity contribution in [1.29, 1.82) is 0 Å². The molecule has 1 aliphatic heterocycles. The average Bonchev–Trinajstić information content (AvgIpc) is 3.18. The molecule has 2 aromatic rings. The molecule has 10 heteroatoms. The highest BCUT2D eigenvalue weighted by Crippen LogP contribution is 2.45. The standard InChI is InChI=1S/C22H25F3N4O3/c1-28(2)9-10-29(3)16-12-15(20-14(7-8-27-20)19(16)21(26)30)13-5-6-17(31-4)18(11-13)32-22(23,24)25/h5-6,8,11-12H,7,9-10H2,1-4H3,(H2,26,30). The molecule has 0 saturated heterocycles. The molecule has 2 N–H and O–H groups in total. The number of carbonyl (C=O) groups is 1. The molecule has 0 saturated carbocycles. The number of rotatable bonds is 8. The van der Waals surface area contributed by atoms with E-state index < -0.39 is 18.0 Å². The number of alkyl halides is 3. The van der Waals surface area contributed by atoms with Crippen LogP contribution in [0.3, 0.4) is 0 Å². The Hall–Kier alpha value is -3.27.